The van der Waals surface area contributed by atoms with Crippen molar-refractivity contribution in [3.05, 3.63) is 23.8 Å². The zero-order valence-corrected chi connectivity index (χ0v) is 12.9. The molecule has 1 aromatic carbocycles. The number of hydrogen-bond donors (Lipinski definition) is 1. The predicted molar refractivity (Wildman–Crippen MR) is 83.4 cm³/mol. The Morgan fingerprint density at radius 3 is 3.05 bits per heavy atom. The summed E-state index contributed by atoms with van der Waals surface area (Å²) in [5.41, 5.74) is 1.76. The summed E-state index contributed by atoms with van der Waals surface area (Å²) in [4.78, 5) is 3.18. The van der Waals surface area contributed by atoms with E-state index in [1.165, 1.54) is 0 Å². The molecule has 0 bridgehead atoms. The minimum atomic E-state index is 0.183. The van der Waals surface area contributed by atoms with E-state index in [-0.39, 0.29) is 6.10 Å². The van der Waals surface area contributed by atoms with Crippen LogP contribution in [0.5, 0.6) is 0 Å². The molecule has 1 saturated heterocycles. The van der Waals surface area contributed by atoms with E-state index in [1.54, 1.807) is 11.8 Å². The van der Waals surface area contributed by atoms with Gasteiger partial charge in [-0.05, 0) is 17.9 Å². The van der Waals surface area contributed by atoms with Crippen molar-refractivity contribution in [3.63, 3.8) is 0 Å². The minimum Gasteiger partial charge on any atom is -0.374 e. The van der Waals surface area contributed by atoms with Crippen molar-refractivity contribution >= 4 is 17.4 Å². The molecule has 0 aliphatic carbocycles. The molecule has 0 amide bonds. The van der Waals surface area contributed by atoms with E-state index in [9.17, 15) is 5.26 Å². The third kappa shape index (κ3) is 3.66. The lowest BCUT2D eigenvalue weighted by atomic mass is 10.1. The summed E-state index contributed by atoms with van der Waals surface area (Å²) in [6, 6.07) is 8.39. The quantitative estimate of drug-likeness (QED) is 0.842. The summed E-state index contributed by atoms with van der Waals surface area (Å²) in [6.07, 6.45) is 0.183. The second-order valence-corrected chi connectivity index (χ2v) is 6.08. The first-order valence-corrected chi connectivity index (χ1v) is 7.94. The zero-order valence-electron chi connectivity index (χ0n) is 12.1. The van der Waals surface area contributed by atoms with Crippen LogP contribution in [0.2, 0.25) is 0 Å². The van der Waals surface area contributed by atoms with Crippen LogP contribution < -0.4 is 10.2 Å². The van der Waals surface area contributed by atoms with Crippen molar-refractivity contribution in [2.75, 3.05) is 43.9 Å². The van der Waals surface area contributed by atoms with Crippen LogP contribution in [0.15, 0.2) is 23.1 Å². The Morgan fingerprint density at radius 1 is 1.55 bits per heavy atom. The van der Waals surface area contributed by atoms with Crippen molar-refractivity contribution < 1.29 is 4.74 Å². The maximum absolute atomic E-state index is 9.45. The number of ether oxygens (including phenoxy) is 1. The molecule has 1 fully saturated rings. The molecule has 5 heteroatoms. The van der Waals surface area contributed by atoms with E-state index >= 15 is 0 Å². The van der Waals surface area contributed by atoms with Crippen molar-refractivity contribution in [1.29, 1.82) is 5.26 Å². The van der Waals surface area contributed by atoms with Gasteiger partial charge in [0.2, 0.25) is 0 Å². The molecule has 108 valence electrons. The summed E-state index contributed by atoms with van der Waals surface area (Å²) < 4.78 is 5.73. The average Bonchev–Trinajstić information content (AvgIpc) is 2.48. The summed E-state index contributed by atoms with van der Waals surface area (Å²) in [7, 11) is 2.02. The van der Waals surface area contributed by atoms with Crippen LogP contribution in [-0.4, -0.2) is 45.1 Å². The van der Waals surface area contributed by atoms with Crippen molar-refractivity contribution in [3.8, 4) is 6.07 Å². The average molecular weight is 291 g/mol. The molecule has 0 aromatic heterocycles. The van der Waals surface area contributed by atoms with E-state index in [4.69, 9.17) is 4.74 Å². The molecule has 0 saturated carbocycles. The number of nitriles is 1. The lowest BCUT2D eigenvalue weighted by Gasteiger charge is -2.29. The van der Waals surface area contributed by atoms with Crippen LogP contribution in [0, 0.1) is 11.3 Å². The molecule has 0 spiro atoms. The molecule has 0 radical (unpaired) electrons. The number of nitrogens with zero attached hydrogens (tertiary/aromatic N) is 2. The van der Waals surface area contributed by atoms with E-state index in [2.05, 4.69) is 23.2 Å². The smallest absolute Gasteiger partial charge is 0.103 e. The first kappa shape index (κ1) is 15.2. The second kappa shape index (κ2) is 7.53. The third-order valence-corrected chi connectivity index (χ3v) is 4.25. The molecule has 2 rings (SSSR count). The standard InChI is InChI=1S/C15H21N3OS/c1-3-20-15-6-4-5-14(13(15)9-16)18(2)11-12-10-17-7-8-19-12/h4-6,12,17H,3,7-8,10-11H2,1-2H3. The maximum Gasteiger partial charge on any atom is 0.103 e. The highest BCUT2D eigenvalue weighted by molar-refractivity contribution is 7.99. The monoisotopic (exact) mass is 291 g/mol. The molecular formula is C15H21N3OS. The van der Waals surface area contributed by atoms with Gasteiger partial charge in [-0.25, -0.2) is 0 Å². The highest BCUT2D eigenvalue weighted by Crippen LogP contribution is 2.29. The lowest BCUT2D eigenvalue weighted by molar-refractivity contribution is 0.0340. The molecule has 1 aromatic rings. The zero-order chi connectivity index (χ0) is 14.4. The molecule has 1 atom stereocenters. The number of hydrogen-bond acceptors (Lipinski definition) is 5. The van der Waals surface area contributed by atoms with Gasteiger partial charge in [-0.15, -0.1) is 11.8 Å². The number of rotatable bonds is 5. The number of likely N-dealkylation sites (N-methyl/N-ethyl adjacent to an activating group) is 1. The van der Waals surface area contributed by atoms with Crippen LogP contribution in [0.25, 0.3) is 0 Å². The Balaban J connectivity index is 2.14. The van der Waals surface area contributed by atoms with Crippen LogP contribution in [0.3, 0.4) is 0 Å². The summed E-state index contributed by atoms with van der Waals surface area (Å²) >= 11 is 1.71. The Morgan fingerprint density at radius 2 is 2.40 bits per heavy atom. The van der Waals surface area contributed by atoms with E-state index in [1.807, 2.05) is 25.2 Å². The van der Waals surface area contributed by atoms with Gasteiger partial charge in [-0.2, -0.15) is 5.26 Å². The Hall–Kier alpha value is -1.22. The van der Waals surface area contributed by atoms with Gasteiger partial charge < -0.3 is 15.0 Å². The van der Waals surface area contributed by atoms with Gasteiger partial charge in [0.25, 0.3) is 0 Å². The largest absolute Gasteiger partial charge is 0.374 e. The van der Waals surface area contributed by atoms with Crippen molar-refractivity contribution in [2.45, 2.75) is 17.9 Å². The van der Waals surface area contributed by atoms with Gasteiger partial charge in [-0.3, -0.25) is 0 Å². The van der Waals surface area contributed by atoms with Crippen LogP contribution in [0.4, 0.5) is 5.69 Å². The Kier molecular flexibility index (Phi) is 5.72. The van der Waals surface area contributed by atoms with E-state index in [0.29, 0.717) is 0 Å². The highest BCUT2D eigenvalue weighted by atomic mass is 32.2. The van der Waals surface area contributed by atoms with Crippen LogP contribution in [-0.2, 0) is 4.74 Å². The second-order valence-electron chi connectivity index (χ2n) is 4.77. The molecule has 20 heavy (non-hydrogen) atoms. The molecule has 1 unspecified atom stereocenters. The lowest BCUT2D eigenvalue weighted by Crippen LogP contribution is -2.44. The Labute approximate surface area is 125 Å². The van der Waals surface area contributed by atoms with Gasteiger partial charge in [0.05, 0.1) is 24.0 Å². The number of nitrogens with one attached hydrogen (secondary N) is 1. The first-order chi connectivity index (χ1) is 9.76. The van der Waals surface area contributed by atoms with Crippen molar-refractivity contribution in [1.82, 2.24) is 5.32 Å². The number of thioether (sulfide) groups is 1. The fourth-order valence-corrected chi connectivity index (χ4v) is 3.15. The van der Waals surface area contributed by atoms with E-state index in [0.717, 1.165) is 48.1 Å². The topological polar surface area (TPSA) is 48.3 Å². The fourth-order valence-electron chi connectivity index (χ4n) is 2.37. The first-order valence-electron chi connectivity index (χ1n) is 6.95. The Bertz CT molecular complexity index is 480. The number of anilines is 1. The third-order valence-electron chi connectivity index (χ3n) is 3.31. The van der Waals surface area contributed by atoms with Crippen LogP contribution in [0.1, 0.15) is 12.5 Å². The van der Waals surface area contributed by atoms with Gasteiger partial charge in [-0.1, -0.05) is 13.0 Å². The molecule has 4 nitrogen and oxygen atoms in total. The number of morpholine rings is 1. The van der Waals surface area contributed by atoms with E-state index < -0.39 is 0 Å². The summed E-state index contributed by atoms with van der Waals surface area (Å²) in [5, 5.41) is 12.8. The van der Waals surface area contributed by atoms with Gasteiger partial charge in [0.1, 0.15) is 6.07 Å². The fraction of sp³-hybridized carbons (Fsp3) is 0.533. The predicted octanol–water partition coefficient (Wildman–Crippen LogP) is 2.09. The molecule has 1 aliphatic rings. The maximum atomic E-state index is 9.45. The highest BCUT2D eigenvalue weighted by Gasteiger charge is 2.18. The molecule has 1 heterocycles. The normalized spacial score (nSPS) is 18.6. The van der Waals surface area contributed by atoms with Gasteiger partial charge >= 0.3 is 0 Å². The van der Waals surface area contributed by atoms with Gasteiger partial charge in [0, 0.05) is 31.6 Å². The molecule has 1 N–H and O–H groups in total. The summed E-state index contributed by atoms with van der Waals surface area (Å²) in [6.45, 7) is 5.45. The SMILES string of the molecule is CCSc1cccc(N(C)CC2CNCCO2)c1C#N. The summed E-state index contributed by atoms with van der Waals surface area (Å²) in [5.74, 6) is 0.970. The van der Waals surface area contributed by atoms with Crippen molar-refractivity contribution in [2.24, 2.45) is 0 Å². The number of benzene rings is 1. The molecule has 1 aliphatic heterocycles. The van der Waals surface area contributed by atoms with Crippen LogP contribution >= 0.6 is 11.8 Å². The van der Waals surface area contributed by atoms with Gasteiger partial charge in [0.15, 0.2) is 0 Å². The minimum absolute atomic E-state index is 0.183. The molecular weight excluding hydrogens is 270 g/mol.